The molecule has 1 atom stereocenters. The number of hydrogen-bond donors (Lipinski definition) is 2. The van der Waals surface area contributed by atoms with Crippen LogP contribution in [0.4, 0.5) is 4.79 Å². The molecule has 0 aliphatic carbocycles. The lowest BCUT2D eigenvalue weighted by molar-refractivity contribution is 0.0948. The summed E-state index contributed by atoms with van der Waals surface area (Å²) in [6.45, 7) is 8.55. The van der Waals surface area contributed by atoms with Crippen molar-refractivity contribution in [3.8, 4) is 0 Å². The topological polar surface area (TPSA) is 67.4 Å². The number of nitrogens with one attached hydrogen (secondary N) is 2. The molecule has 6 heteroatoms. The Kier molecular flexibility index (Phi) is 7.22. The van der Waals surface area contributed by atoms with Gasteiger partial charge in [-0.15, -0.1) is 11.3 Å². The molecule has 0 bridgehead atoms. The number of aryl methyl sites for hydroxylation is 1. The van der Waals surface area contributed by atoms with Crippen molar-refractivity contribution >= 4 is 23.3 Å². The highest BCUT2D eigenvalue weighted by Crippen LogP contribution is 2.15. The summed E-state index contributed by atoms with van der Waals surface area (Å²) >= 11 is 1.42. The number of carbonyl (C=O) groups excluding carboxylic acids is 2. The molecule has 0 fully saturated rings. The molecule has 0 saturated carbocycles. The van der Waals surface area contributed by atoms with Gasteiger partial charge in [0.2, 0.25) is 0 Å². The standard InChI is InChI=1S/C15H24N2O3S/c1-5-20-15(19)17-12(8-10(2)3)9-16-14(18)13-11(4)6-7-21-13/h6-7,10,12H,5,8-9H2,1-4H3,(H,16,18)(H,17,19)/t12-/m1/s1. The Morgan fingerprint density at radius 1 is 1.38 bits per heavy atom. The van der Waals surface area contributed by atoms with Crippen molar-refractivity contribution in [2.45, 2.75) is 40.2 Å². The van der Waals surface area contributed by atoms with Crippen molar-refractivity contribution in [2.75, 3.05) is 13.2 Å². The van der Waals surface area contributed by atoms with E-state index in [1.54, 1.807) is 6.92 Å². The van der Waals surface area contributed by atoms with Gasteiger partial charge in [0.05, 0.1) is 11.5 Å². The third kappa shape index (κ3) is 6.16. The summed E-state index contributed by atoms with van der Waals surface area (Å²) in [4.78, 5) is 24.3. The molecular weight excluding hydrogens is 288 g/mol. The molecule has 0 unspecified atom stereocenters. The van der Waals surface area contributed by atoms with Crippen molar-refractivity contribution in [1.82, 2.24) is 10.6 Å². The molecule has 21 heavy (non-hydrogen) atoms. The first kappa shape index (κ1) is 17.5. The number of alkyl carbamates (subject to hydrolysis) is 1. The lowest BCUT2D eigenvalue weighted by atomic mass is 10.0. The van der Waals surface area contributed by atoms with E-state index < -0.39 is 6.09 Å². The Bertz CT molecular complexity index is 471. The highest BCUT2D eigenvalue weighted by atomic mass is 32.1. The summed E-state index contributed by atoms with van der Waals surface area (Å²) in [5, 5.41) is 7.57. The summed E-state index contributed by atoms with van der Waals surface area (Å²) in [6, 6.07) is 1.79. The quantitative estimate of drug-likeness (QED) is 0.813. The molecule has 2 amide bonds. The smallest absolute Gasteiger partial charge is 0.407 e. The fourth-order valence-corrected chi connectivity index (χ4v) is 2.84. The SMILES string of the molecule is CCOC(=O)N[C@@H](CNC(=O)c1sccc1C)CC(C)C. The number of thiophene rings is 1. The van der Waals surface area contributed by atoms with Gasteiger partial charge in [-0.3, -0.25) is 4.79 Å². The largest absolute Gasteiger partial charge is 0.450 e. The van der Waals surface area contributed by atoms with Crippen LogP contribution in [0.3, 0.4) is 0 Å². The van der Waals surface area contributed by atoms with E-state index in [-0.39, 0.29) is 11.9 Å². The minimum Gasteiger partial charge on any atom is -0.450 e. The number of hydrogen-bond acceptors (Lipinski definition) is 4. The minimum atomic E-state index is -0.440. The molecule has 1 rings (SSSR count). The maximum atomic E-state index is 12.1. The van der Waals surface area contributed by atoms with Gasteiger partial charge >= 0.3 is 6.09 Å². The number of amides is 2. The van der Waals surface area contributed by atoms with E-state index in [0.29, 0.717) is 19.1 Å². The first-order valence-corrected chi connectivity index (χ1v) is 8.07. The van der Waals surface area contributed by atoms with E-state index in [1.165, 1.54) is 11.3 Å². The molecule has 0 aliphatic heterocycles. The van der Waals surface area contributed by atoms with Crippen LogP contribution in [-0.2, 0) is 4.74 Å². The van der Waals surface area contributed by atoms with Crippen LogP contribution >= 0.6 is 11.3 Å². The molecule has 0 saturated heterocycles. The van der Waals surface area contributed by atoms with Crippen LogP contribution < -0.4 is 10.6 Å². The van der Waals surface area contributed by atoms with E-state index in [4.69, 9.17) is 4.74 Å². The molecule has 5 nitrogen and oxygen atoms in total. The van der Waals surface area contributed by atoms with E-state index in [2.05, 4.69) is 24.5 Å². The number of ether oxygens (including phenoxy) is 1. The summed E-state index contributed by atoms with van der Waals surface area (Å²) in [5.74, 6) is 0.319. The molecule has 1 aromatic heterocycles. The average Bonchev–Trinajstić information content (AvgIpc) is 2.81. The van der Waals surface area contributed by atoms with Crippen LogP contribution in [-0.4, -0.2) is 31.2 Å². The van der Waals surface area contributed by atoms with Crippen molar-refractivity contribution in [3.63, 3.8) is 0 Å². The maximum absolute atomic E-state index is 12.1. The Morgan fingerprint density at radius 2 is 2.10 bits per heavy atom. The molecule has 1 heterocycles. The predicted molar refractivity (Wildman–Crippen MR) is 84.8 cm³/mol. The molecule has 0 aromatic carbocycles. The Hall–Kier alpha value is -1.56. The molecule has 0 spiro atoms. The first-order valence-electron chi connectivity index (χ1n) is 7.19. The summed E-state index contributed by atoms with van der Waals surface area (Å²) in [6.07, 6.45) is 0.340. The number of carbonyl (C=O) groups is 2. The van der Waals surface area contributed by atoms with E-state index in [1.807, 2.05) is 18.4 Å². The van der Waals surface area contributed by atoms with E-state index in [0.717, 1.165) is 16.9 Å². The van der Waals surface area contributed by atoms with Gasteiger partial charge in [-0.05, 0) is 43.2 Å². The number of rotatable bonds is 7. The Labute approximate surface area is 130 Å². The van der Waals surface area contributed by atoms with E-state index in [9.17, 15) is 9.59 Å². The van der Waals surface area contributed by atoms with Crippen molar-refractivity contribution in [1.29, 1.82) is 0 Å². The molecular formula is C15H24N2O3S. The first-order chi connectivity index (χ1) is 9.93. The average molecular weight is 312 g/mol. The summed E-state index contributed by atoms with van der Waals surface area (Å²) < 4.78 is 4.89. The van der Waals surface area contributed by atoms with Gasteiger partial charge in [0.1, 0.15) is 0 Å². The second-order valence-electron chi connectivity index (χ2n) is 5.33. The summed E-state index contributed by atoms with van der Waals surface area (Å²) in [5.41, 5.74) is 0.969. The maximum Gasteiger partial charge on any atom is 0.407 e. The molecule has 118 valence electrons. The van der Waals surface area contributed by atoms with Crippen LogP contribution in [0, 0.1) is 12.8 Å². The van der Waals surface area contributed by atoms with Gasteiger partial charge in [-0.1, -0.05) is 13.8 Å². The van der Waals surface area contributed by atoms with Crippen LogP contribution in [0.2, 0.25) is 0 Å². The zero-order valence-electron chi connectivity index (χ0n) is 13.1. The normalized spacial score (nSPS) is 12.0. The van der Waals surface area contributed by atoms with Crippen LogP contribution in [0.5, 0.6) is 0 Å². The van der Waals surface area contributed by atoms with Gasteiger partial charge in [0, 0.05) is 12.6 Å². The monoisotopic (exact) mass is 312 g/mol. The van der Waals surface area contributed by atoms with E-state index >= 15 is 0 Å². The Morgan fingerprint density at radius 3 is 2.62 bits per heavy atom. The third-order valence-corrected chi connectivity index (χ3v) is 3.95. The molecule has 2 N–H and O–H groups in total. The molecule has 1 aromatic rings. The second kappa shape index (κ2) is 8.67. The zero-order valence-corrected chi connectivity index (χ0v) is 13.9. The van der Waals surface area contributed by atoms with Gasteiger partial charge in [0.15, 0.2) is 0 Å². The third-order valence-electron chi connectivity index (χ3n) is 2.93. The van der Waals surface area contributed by atoms with Gasteiger partial charge < -0.3 is 15.4 Å². The van der Waals surface area contributed by atoms with Crippen LogP contribution in [0.25, 0.3) is 0 Å². The molecule has 0 aliphatic rings. The summed E-state index contributed by atoms with van der Waals surface area (Å²) in [7, 11) is 0. The highest BCUT2D eigenvalue weighted by molar-refractivity contribution is 7.12. The second-order valence-corrected chi connectivity index (χ2v) is 6.25. The molecule has 0 radical (unpaired) electrons. The minimum absolute atomic E-state index is 0.0954. The predicted octanol–water partition coefficient (Wildman–Crippen LogP) is 2.95. The fraction of sp³-hybridized carbons (Fsp3) is 0.600. The van der Waals surface area contributed by atoms with Gasteiger partial charge in [-0.25, -0.2) is 4.79 Å². The van der Waals surface area contributed by atoms with Crippen molar-refractivity contribution in [3.05, 3.63) is 21.9 Å². The van der Waals surface area contributed by atoms with Crippen molar-refractivity contribution < 1.29 is 14.3 Å². The lowest BCUT2D eigenvalue weighted by Crippen LogP contribution is -2.44. The zero-order chi connectivity index (χ0) is 15.8. The lowest BCUT2D eigenvalue weighted by Gasteiger charge is -2.20. The van der Waals surface area contributed by atoms with Crippen molar-refractivity contribution in [2.24, 2.45) is 5.92 Å². The van der Waals surface area contributed by atoms with Gasteiger partial charge in [-0.2, -0.15) is 0 Å². The van der Waals surface area contributed by atoms with Crippen LogP contribution in [0.15, 0.2) is 11.4 Å². The van der Waals surface area contributed by atoms with Crippen LogP contribution in [0.1, 0.15) is 42.4 Å². The van der Waals surface area contributed by atoms with Gasteiger partial charge in [0.25, 0.3) is 5.91 Å². The highest BCUT2D eigenvalue weighted by Gasteiger charge is 2.17. The Balaban J connectivity index is 2.54. The fourth-order valence-electron chi connectivity index (χ4n) is 2.00.